The third-order valence-electron chi connectivity index (χ3n) is 4.54. The normalized spacial score (nSPS) is 21.2. The molecule has 26 heavy (non-hydrogen) atoms. The number of aryl methyl sites for hydroxylation is 1. The molecule has 0 spiro atoms. The number of benzene rings is 1. The summed E-state index contributed by atoms with van der Waals surface area (Å²) in [4.78, 5) is 40.2. The van der Waals surface area contributed by atoms with Crippen LogP contribution in [0.25, 0.3) is 0 Å². The molecule has 2 aliphatic rings. The van der Waals surface area contributed by atoms with Crippen LogP contribution in [-0.2, 0) is 10.3 Å². The number of ketones is 1. The third kappa shape index (κ3) is 2.53. The molecule has 8 heteroatoms. The quantitative estimate of drug-likeness (QED) is 0.658. The van der Waals surface area contributed by atoms with Gasteiger partial charge in [-0.25, -0.2) is 4.79 Å². The molecule has 1 fully saturated rings. The van der Waals surface area contributed by atoms with Gasteiger partial charge in [0.05, 0.1) is 11.4 Å². The summed E-state index contributed by atoms with van der Waals surface area (Å²) in [6.07, 6.45) is 0. The zero-order valence-corrected chi connectivity index (χ0v) is 15.0. The summed E-state index contributed by atoms with van der Waals surface area (Å²) in [5.41, 5.74) is -0.689. The van der Waals surface area contributed by atoms with Gasteiger partial charge in [0.15, 0.2) is 17.3 Å². The van der Waals surface area contributed by atoms with Crippen molar-refractivity contribution >= 4 is 29.1 Å². The Morgan fingerprint density at radius 1 is 1.23 bits per heavy atom. The van der Waals surface area contributed by atoms with Crippen LogP contribution in [0.2, 0.25) is 0 Å². The number of urea groups is 1. The van der Waals surface area contributed by atoms with E-state index in [0.29, 0.717) is 21.9 Å². The van der Waals surface area contributed by atoms with Crippen LogP contribution >= 0.6 is 11.3 Å². The van der Waals surface area contributed by atoms with E-state index < -0.39 is 17.5 Å². The first kappa shape index (κ1) is 16.6. The molecule has 2 aromatic rings. The smallest absolute Gasteiger partial charge is 0.325 e. The van der Waals surface area contributed by atoms with E-state index in [0.717, 1.165) is 9.78 Å². The Morgan fingerprint density at radius 2 is 2.00 bits per heavy atom. The Kier molecular flexibility index (Phi) is 3.73. The highest BCUT2D eigenvalue weighted by Gasteiger charge is 2.49. The Bertz CT molecular complexity index is 937. The molecule has 0 radical (unpaired) electrons. The highest BCUT2D eigenvalue weighted by atomic mass is 32.1. The molecule has 0 bridgehead atoms. The number of amides is 3. The Balaban J connectivity index is 1.59. The van der Waals surface area contributed by atoms with Crippen LogP contribution in [0, 0.1) is 6.92 Å². The Hall–Kier alpha value is -2.87. The molecular formula is C18H16N2O5S. The molecule has 1 atom stereocenters. The van der Waals surface area contributed by atoms with E-state index in [1.165, 1.54) is 11.3 Å². The fourth-order valence-corrected chi connectivity index (χ4v) is 3.85. The van der Waals surface area contributed by atoms with E-state index in [1.54, 1.807) is 31.2 Å². The second kappa shape index (κ2) is 5.84. The van der Waals surface area contributed by atoms with Crippen molar-refractivity contribution in [3.05, 3.63) is 45.6 Å². The molecule has 1 N–H and O–H groups in total. The van der Waals surface area contributed by atoms with Gasteiger partial charge in [0.1, 0.15) is 5.54 Å². The average molecular weight is 372 g/mol. The number of fused-ring (bicyclic) bond motifs is 1. The highest BCUT2D eigenvalue weighted by Crippen LogP contribution is 2.37. The lowest BCUT2D eigenvalue weighted by atomic mass is 9.91. The summed E-state index contributed by atoms with van der Waals surface area (Å²) in [7, 11) is 0. The number of carbonyl (C=O) groups is 3. The van der Waals surface area contributed by atoms with Crippen LogP contribution in [-0.4, -0.2) is 36.0 Å². The van der Waals surface area contributed by atoms with Crippen molar-refractivity contribution in [2.24, 2.45) is 0 Å². The predicted octanol–water partition coefficient (Wildman–Crippen LogP) is 2.44. The molecule has 134 valence electrons. The number of ether oxygens (including phenoxy) is 2. The molecule has 7 nitrogen and oxygen atoms in total. The SMILES string of the molecule is Cc1ccc(C(=O)CN2C(=O)N[C@](C)(c3ccc4c(c3)OCO4)C2=O)s1. The maximum absolute atomic E-state index is 12.9. The summed E-state index contributed by atoms with van der Waals surface area (Å²) in [5.74, 6) is 0.383. The third-order valence-corrected chi connectivity index (χ3v) is 5.58. The van der Waals surface area contributed by atoms with Crippen molar-refractivity contribution in [3.8, 4) is 11.5 Å². The van der Waals surface area contributed by atoms with Gasteiger partial charge in [0.25, 0.3) is 5.91 Å². The number of nitrogens with zero attached hydrogens (tertiary/aromatic N) is 1. The number of hydrogen-bond acceptors (Lipinski definition) is 6. The zero-order chi connectivity index (χ0) is 18.5. The van der Waals surface area contributed by atoms with E-state index in [1.807, 2.05) is 13.0 Å². The molecular weight excluding hydrogens is 356 g/mol. The first-order chi connectivity index (χ1) is 12.4. The van der Waals surface area contributed by atoms with Gasteiger partial charge in [-0.2, -0.15) is 0 Å². The van der Waals surface area contributed by atoms with Crippen LogP contribution < -0.4 is 14.8 Å². The molecule has 1 aromatic heterocycles. The molecule has 3 amide bonds. The number of Topliss-reactive ketones (excluding diaryl/α,β-unsaturated/α-hetero) is 1. The van der Waals surface area contributed by atoms with Gasteiger partial charge in [-0.05, 0) is 43.7 Å². The first-order valence-electron chi connectivity index (χ1n) is 8.02. The van der Waals surface area contributed by atoms with Crippen LogP contribution in [0.5, 0.6) is 11.5 Å². The molecule has 1 aromatic carbocycles. The van der Waals surface area contributed by atoms with Gasteiger partial charge in [-0.15, -0.1) is 11.3 Å². The molecule has 4 rings (SSSR count). The Morgan fingerprint density at radius 3 is 2.73 bits per heavy atom. The number of carbonyl (C=O) groups excluding carboxylic acids is 3. The highest BCUT2D eigenvalue weighted by molar-refractivity contribution is 7.14. The minimum absolute atomic E-state index is 0.122. The van der Waals surface area contributed by atoms with E-state index in [-0.39, 0.29) is 19.1 Å². The number of imide groups is 1. The topological polar surface area (TPSA) is 84.9 Å². The molecule has 3 heterocycles. The minimum atomic E-state index is -1.26. The van der Waals surface area contributed by atoms with Crippen molar-refractivity contribution in [3.63, 3.8) is 0 Å². The fourth-order valence-electron chi connectivity index (χ4n) is 3.05. The zero-order valence-electron chi connectivity index (χ0n) is 14.2. The summed E-state index contributed by atoms with van der Waals surface area (Å²) < 4.78 is 10.6. The lowest BCUT2D eigenvalue weighted by molar-refractivity contribution is -0.130. The lowest BCUT2D eigenvalue weighted by Gasteiger charge is -2.22. The van der Waals surface area contributed by atoms with Crippen molar-refractivity contribution in [1.82, 2.24) is 10.2 Å². The van der Waals surface area contributed by atoms with Crippen LogP contribution in [0.1, 0.15) is 27.0 Å². The van der Waals surface area contributed by atoms with Gasteiger partial charge in [0, 0.05) is 4.88 Å². The van der Waals surface area contributed by atoms with E-state index in [2.05, 4.69) is 5.32 Å². The molecule has 0 unspecified atom stereocenters. The Labute approximate surface area is 153 Å². The van der Waals surface area contributed by atoms with Gasteiger partial charge in [0.2, 0.25) is 6.79 Å². The molecule has 0 saturated carbocycles. The van der Waals surface area contributed by atoms with Crippen molar-refractivity contribution < 1.29 is 23.9 Å². The summed E-state index contributed by atoms with van der Waals surface area (Å²) in [6.45, 7) is 3.35. The number of rotatable bonds is 4. The number of nitrogens with one attached hydrogen (secondary N) is 1. The van der Waals surface area contributed by atoms with Crippen molar-refractivity contribution in [2.75, 3.05) is 13.3 Å². The average Bonchev–Trinajstić information content (AvgIpc) is 3.30. The van der Waals surface area contributed by atoms with Crippen molar-refractivity contribution in [2.45, 2.75) is 19.4 Å². The maximum atomic E-state index is 12.9. The summed E-state index contributed by atoms with van der Waals surface area (Å²) in [6, 6.07) is 8.04. The maximum Gasteiger partial charge on any atom is 0.325 e. The second-order valence-electron chi connectivity index (χ2n) is 6.35. The molecule has 0 aliphatic carbocycles. The van der Waals surface area contributed by atoms with Gasteiger partial charge in [-0.3, -0.25) is 14.5 Å². The van der Waals surface area contributed by atoms with Gasteiger partial charge < -0.3 is 14.8 Å². The fraction of sp³-hybridized carbons (Fsp3) is 0.278. The van der Waals surface area contributed by atoms with E-state index in [4.69, 9.17) is 9.47 Å². The standard InChI is InChI=1S/C18H16N2O5S/c1-10-3-6-15(26-10)12(21)8-20-16(22)18(2,19-17(20)23)11-4-5-13-14(7-11)25-9-24-13/h3-7H,8-9H2,1-2H3,(H,19,23)/t18-/m1/s1. The van der Waals surface area contributed by atoms with Crippen LogP contribution in [0.3, 0.4) is 0 Å². The number of hydrogen-bond donors (Lipinski definition) is 1. The monoisotopic (exact) mass is 372 g/mol. The van der Waals surface area contributed by atoms with Gasteiger partial charge >= 0.3 is 6.03 Å². The largest absolute Gasteiger partial charge is 0.454 e. The predicted molar refractivity (Wildman–Crippen MR) is 93.5 cm³/mol. The minimum Gasteiger partial charge on any atom is -0.454 e. The van der Waals surface area contributed by atoms with Crippen LogP contribution in [0.15, 0.2) is 30.3 Å². The first-order valence-corrected chi connectivity index (χ1v) is 8.84. The van der Waals surface area contributed by atoms with Crippen LogP contribution in [0.4, 0.5) is 4.79 Å². The number of thiophene rings is 1. The summed E-state index contributed by atoms with van der Waals surface area (Å²) in [5, 5.41) is 2.69. The van der Waals surface area contributed by atoms with E-state index in [9.17, 15) is 14.4 Å². The lowest BCUT2D eigenvalue weighted by Crippen LogP contribution is -2.41. The van der Waals surface area contributed by atoms with E-state index >= 15 is 0 Å². The summed E-state index contributed by atoms with van der Waals surface area (Å²) >= 11 is 1.34. The van der Waals surface area contributed by atoms with Gasteiger partial charge in [-0.1, -0.05) is 6.07 Å². The second-order valence-corrected chi connectivity index (χ2v) is 7.64. The van der Waals surface area contributed by atoms with Crippen molar-refractivity contribution in [1.29, 1.82) is 0 Å². The molecule has 2 aliphatic heterocycles. The molecule has 1 saturated heterocycles.